The summed E-state index contributed by atoms with van der Waals surface area (Å²) < 4.78 is 39.3. The number of hydrogen-bond acceptors (Lipinski definition) is 3. The summed E-state index contributed by atoms with van der Waals surface area (Å²) in [4.78, 5) is 44.7. The summed E-state index contributed by atoms with van der Waals surface area (Å²) in [6, 6.07) is 26.6. The average molecular weight is 655 g/mol. The zero-order chi connectivity index (χ0) is 34.2. The largest absolute Gasteiger partial charge is 0.480 e. The highest BCUT2D eigenvalue weighted by atomic mass is 19.4. The highest BCUT2D eigenvalue weighted by molar-refractivity contribution is 5.98. The molecule has 248 valence electrons. The zero-order valence-corrected chi connectivity index (χ0v) is 26.8. The number of piperidine rings is 1. The van der Waals surface area contributed by atoms with Gasteiger partial charge in [-0.25, -0.2) is 4.79 Å². The van der Waals surface area contributed by atoms with Crippen LogP contribution >= 0.6 is 0 Å². The molecule has 2 heterocycles. The van der Waals surface area contributed by atoms with Crippen LogP contribution in [0, 0.1) is 5.41 Å². The van der Waals surface area contributed by atoms with Gasteiger partial charge in [0.25, 0.3) is 5.91 Å². The van der Waals surface area contributed by atoms with Gasteiger partial charge in [0.05, 0.1) is 11.0 Å². The first-order chi connectivity index (χ1) is 22.8. The minimum absolute atomic E-state index is 0.0366. The van der Waals surface area contributed by atoms with Gasteiger partial charge in [0.1, 0.15) is 6.04 Å². The molecular weight excluding hydrogens is 617 g/mol. The number of hydrogen-bond donors (Lipinski definition) is 1. The topological polar surface area (TPSA) is 77.9 Å². The van der Waals surface area contributed by atoms with E-state index >= 15 is 0 Å². The number of alkyl halides is 3. The van der Waals surface area contributed by atoms with Crippen molar-refractivity contribution >= 4 is 17.8 Å². The van der Waals surface area contributed by atoms with E-state index in [-0.39, 0.29) is 23.9 Å². The molecule has 48 heavy (non-hydrogen) atoms. The van der Waals surface area contributed by atoms with Crippen molar-refractivity contribution in [3.63, 3.8) is 0 Å². The number of aliphatic carboxylic acids is 1. The van der Waals surface area contributed by atoms with Crippen LogP contribution in [0.1, 0.15) is 54.6 Å². The summed E-state index contributed by atoms with van der Waals surface area (Å²) in [6.45, 7) is 4.22. The minimum atomic E-state index is -4.45. The van der Waals surface area contributed by atoms with Crippen molar-refractivity contribution < 1.29 is 32.7 Å². The molecule has 2 aliphatic rings. The minimum Gasteiger partial charge on any atom is -0.480 e. The molecule has 0 aromatic heterocycles. The first-order valence-corrected chi connectivity index (χ1v) is 16.1. The fraction of sp³-hybridized carbons (Fsp3) is 0.308. The molecule has 1 unspecified atom stereocenters. The van der Waals surface area contributed by atoms with E-state index in [4.69, 9.17) is 0 Å². The predicted molar refractivity (Wildman–Crippen MR) is 177 cm³/mol. The van der Waals surface area contributed by atoms with Gasteiger partial charge in [0.15, 0.2) is 0 Å². The van der Waals surface area contributed by atoms with E-state index in [1.165, 1.54) is 17.0 Å². The van der Waals surface area contributed by atoms with E-state index in [0.717, 1.165) is 41.7 Å². The monoisotopic (exact) mass is 654 g/mol. The normalized spacial score (nSPS) is 19.4. The molecule has 4 aromatic rings. The number of carboxylic acid groups (broad SMARTS) is 1. The van der Waals surface area contributed by atoms with Crippen molar-refractivity contribution in [1.29, 1.82) is 0 Å². The third kappa shape index (κ3) is 6.46. The Balaban J connectivity index is 1.34. The molecule has 0 saturated carbocycles. The number of carbonyl (C=O) groups excluding carboxylic acids is 2. The first kappa shape index (κ1) is 33.0. The van der Waals surface area contributed by atoms with Crippen LogP contribution in [0.25, 0.3) is 22.3 Å². The van der Waals surface area contributed by atoms with E-state index in [9.17, 15) is 32.7 Å². The molecule has 0 radical (unpaired) electrons. The van der Waals surface area contributed by atoms with Crippen LogP contribution in [-0.4, -0.2) is 57.4 Å². The molecule has 6 nitrogen and oxygen atoms in total. The SMILES string of the molecule is CC1(C)C(=O)N2CCC[C@H]2CC1N(C(=O)c1ccc(-c2ccc(C(F)(F)F)cc2)cc1)[C@@H](Cc1ccc(-c2ccccc2)cc1)C(=O)O. The second-order valence-corrected chi connectivity index (χ2v) is 13.3. The molecule has 0 aliphatic carbocycles. The fourth-order valence-electron chi connectivity index (χ4n) is 7.17. The lowest BCUT2D eigenvalue weighted by Crippen LogP contribution is -2.65. The lowest BCUT2D eigenvalue weighted by molar-refractivity contribution is -0.156. The molecule has 0 bridgehead atoms. The maximum absolute atomic E-state index is 14.5. The lowest BCUT2D eigenvalue weighted by Gasteiger charge is -2.50. The molecule has 1 N–H and O–H groups in total. The van der Waals surface area contributed by atoms with E-state index < -0.39 is 41.1 Å². The maximum Gasteiger partial charge on any atom is 0.416 e. The summed E-state index contributed by atoms with van der Waals surface area (Å²) in [5.41, 5.74) is 2.33. The van der Waals surface area contributed by atoms with E-state index in [2.05, 4.69) is 0 Å². The molecule has 4 aromatic carbocycles. The highest BCUT2D eigenvalue weighted by Gasteiger charge is 2.54. The quantitative estimate of drug-likeness (QED) is 0.209. The third-order valence-electron chi connectivity index (χ3n) is 9.88. The first-order valence-electron chi connectivity index (χ1n) is 16.1. The lowest BCUT2D eigenvalue weighted by atomic mass is 9.74. The Bertz CT molecular complexity index is 1790. The second-order valence-electron chi connectivity index (χ2n) is 13.3. The number of nitrogens with zero attached hydrogens (tertiary/aromatic N) is 2. The Morgan fingerprint density at radius 1 is 0.854 bits per heavy atom. The van der Waals surface area contributed by atoms with E-state index in [0.29, 0.717) is 24.1 Å². The van der Waals surface area contributed by atoms with Crippen LogP contribution in [0.3, 0.4) is 0 Å². The van der Waals surface area contributed by atoms with E-state index in [1.807, 2.05) is 59.5 Å². The Labute approximate surface area is 277 Å². The number of fused-ring (bicyclic) bond motifs is 1. The Morgan fingerprint density at radius 3 is 1.96 bits per heavy atom. The van der Waals surface area contributed by atoms with Gasteiger partial charge < -0.3 is 14.9 Å². The van der Waals surface area contributed by atoms with Gasteiger partial charge in [0.2, 0.25) is 5.91 Å². The van der Waals surface area contributed by atoms with Crippen LogP contribution in [0.2, 0.25) is 0 Å². The molecule has 2 amide bonds. The van der Waals surface area contributed by atoms with Gasteiger partial charge in [-0.05, 0) is 85.2 Å². The summed E-state index contributed by atoms with van der Waals surface area (Å²) in [5.74, 6) is -1.78. The number of amides is 2. The Morgan fingerprint density at radius 2 is 1.40 bits per heavy atom. The van der Waals surface area contributed by atoms with Crippen LogP contribution < -0.4 is 0 Å². The molecule has 2 saturated heterocycles. The smallest absolute Gasteiger partial charge is 0.416 e. The highest BCUT2D eigenvalue weighted by Crippen LogP contribution is 2.42. The van der Waals surface area contributed by atoms with Gasteiger partial charge in [-0.3, -0.25) is 9.59 Å². The number of halogens is 3. The van der Waals surface area contributed by atoms with E-state index in [1.54, 1.807) is 38.1 Å². The van der Waals surface area contributed by atoms with Crippen LogP contribution in [-0.2, 0) is 22.2 Å². The van der Waals surface area contributed by atoms with Crippen molar-refractivity contribution in [2.75, 3.05) is 6.54 Å². The summed E-state index contributed by atoms with van der Waals surface area (Å²) in [5, 5.41) is 10.7. The average Bonchev–Trinajstić information content (AvgIpc) is 3.56. The molecule has 0 spiro atoms. The number of carboxylic acids is 1. The van der Waals surface area contributed by atoms with Gasteiger partial charge in [-0.1, -0.05) is 78.9 Å². The summed E-state index contributed by atoms with van der Waals surface area (Å²) in [7, 11) is 0. The van der Waals surface area contributed by atoms with Crippen LogP contribution in [0.5, 0.6) is 0 Å². The summed E-state index contributed by atoms with van der Waals surface area (Å²) in [6.07, 6.45) is -2.30. The van der Waals surface area contributed by atoms with Crippen LogP contribution in [0.4, 0.5) is 13.2 Å². The zero-order valence-electron chi connectivity index (χ0n) is 26.8. The standard InChI is InChI=1S/C39H37F3N2O4/c1-38(2)34(24-32-9-6-22-43(32)37(38)48)44(33(36(46)47)23-25-10-12-27(13-11-25)26-7-4-3-5-8-26)35(45)30-16-14-28(15-17-30)29-18-20-31(21-19-29)39(40,41)42/h3-5,7-8,10-21,32-34H,6,9,22-24H2,1-2H3,(H,46,47)/t32-,33-,34?/m0/s1. The number of rotatable bonds is 8. The molecule has 9 heteroatoms. The Hall–Kier alpha value is -4.92. The molecular formula is C39H37F3N2O4. The van der Waals surface area contributed by atoms with Crippen molar-refractivity contribution in [3.8, 4) is 22.3 Å². The van der Waals surface area contributed by atoms with Gasteiger partial charge in [-0.2, -0.15) is 13.2 Å². The molecule has 3 atom stereocenters. The van der Waals surface area contributed by atoms with Crippen molar-refractivity contribution in [2.45, 2.75) is 63.8 Å². The van der Waals surface area contributed by atoms with Crippen molar-refractivity contribution in [2.24, 2.45) is 5.41 Å². The Kier molecular flexibility index (Phi) is 8.90. The predicted octanol–water partition coefficient (Wildman–Crippen LogP) is 7.97. The molecule has 2 aliphatic heterocycles. The molecule has 2 fully saturated rings. The van der Waals surface area contributed by atoms with Gasteiger partial charge >= 0.3 is 12.1 Å². The fourth-order valence-corrected chi connectivity index (χ4v) is 7.17. The second kappa shape index (κ2) is 12.9. The van der Waals surface area contributed by atoms with Crippen molar-refractivity contribution in [3.05, 3.63) is 120 Å². The van der Waals surface area contributed by atoms with Gasteiger partial charge in [0, 0.05) is 30.6 Å². The number of benzene rings is 4. The molecule has 6 rings (SSSR count). The van der Waals surface area contributed by atoms with Crippen molar-refractivity contribution in [1.82, 2.24) is 9.80 Å². The van der Waals surface area contributed by atoms with Gasteiger partial charge in [-0.15, -0.1) is 0 Å². The summed E-state index contributed by atoms with van der Waals surface area (Å²) >= 11 is 0. The van der Waals surface area contributed by atoms with Crippen LogP contribution in [0.15, 0.2) is 103 Å². The maximum atomic E-state index is 14.5. The third-order valence-corrected chi connectivity index (χ3v) is 9.88. The number of carbonyl (C=O) groups is 3.